The Morgan fingerprint density at radius 2 is 1.85 bits per heavy atom. The quantitative estimate of drug-likeness (QED) is 0.529. The lowest BCUT2D eigenvalue weighted by Gasteiger charge is -2.05. The molecule has 0 fully saturated rings. The van der Waals surface area contributed by atoms with Crippen LogP contribution in [-0.4, -0.2) is 13.0 Å². The average molecular weight is 195 g/mol. The van der Waals surface area contributed by atoms with Gasteiger partial charge in [-0.3, -0.25) is 0 Å². The Hall–Kier alpha value is -1.35. The van der Waals surface area contributed by atoms with E-state index in [0.717, 1.165) is 5.56 Å². The second-order valence-electron chi connectivity index (χ2n) is 2.37. The molecule has 0 aromatic heterocycles. The molecule has 0 unspecified atom stereocenters. The van der Waals surface area contributed by atoms with Crippen molar-refractivity contribution in [1.29, 1.82) is 0 Å². The highest BCUT2D eigenvalue weighted by molar-refractivity contribution is 7.85. The van der Waals surface area contributed by atoms with Gasteiger partial charge in [0.1, 0.15) is 10.1 Å². The van der Waals surface area contributed by atoms with Gasteiger partial charge < -0.3 is 4.55 Å². The van der Waals surface area contributed by atoms with Gasteiger partial charge in [0.25, 0.3) is 0 Å². The highest BCUT2D eigenvalue weighted by Crippen LogP contribution is 2.10. The van der Waals surface area contributed by atoms with Crippen LogP contribution in [0.5, 0.6) is 0 Å². The molecule has 0 saturated heterocycles. The molecule has 0 N–H and O–H groups in total. The van der Waals surface area contributed by atoms with Crippen molar-refractivity contribution < 1.29 is 13.0 Å². The lowest BCUT2D eigenvalue weighted by Crippen LogP contribution is -1.97. The molecule has 0 spiro atoms. The van der Waals surface area contributed by atoms with Crippen molar-refractivity contribution in [2.24, 2.45) is 0 Å². The van der Waals surface area contributed by atoms with Crippen LogP contribution in [0.1, 0.15) is 5.56 Å². The zero-order valence-electron chi connectivity index (χ0n) is 6.73. The first-order valence-electron chi connectivity index (χ1n) is 3.46. The van der Waals surface area contributed by atoms with Crippen molar-refractivity contribution in [3.8, 4) is 0 Å². The third-order valence-corrected chi connectivity index (χ3v) is 2.29. The van der Waals surface area contributed by atoms with Crippen molar-refractivity contribution in [2.45, 2.75) is 4.90 Å². The molecule has 1 rings (SSSR count). The highest BCUT2D eigenvalue weighted by atomic mass is 32.2. The van der Waals surface area contributed by atoms with Gasteiger partial charge in [0.2, 0.25) is 0 Å². The number of hydrogen-bond acceptors (Lipinski definition) is 3. The van der Waals surface area contributed by atoms with Crippen molar-refractivity contribution in [3.05, 3.63) is 42.1 Å². The van der Waals surface area contributed by atoms with Gasteiger partial charge in [-0.05, 0) is 23.8 Å². The van der Waals surface area contributed by atoms with E-state index in [1.807, 2.05) is 0 Å². The lowest BCUT2D eigenvalue weighted by molar-refractivity contribution is 0.463. The van der Waals surface area contributed by atoms with Crippen LogP contribution in [0.15, 0.2) is 41.5 Å². The van der Waals surface area contributed by atoms with Crippen molar-refractivity contribution in [3.63, 3.8) is 0 Å². The van der Waals surface area contributed by atoms with E-state index in [9.17, 15) is 13.0 Å². The Bertz CT molecular complexity index is 436. The summed E-state index contributed by atoms with van der Waals surface area (Å²) in [5.74, 6) is 0. The third-order valence-electron chi connectivity index (χ3n) is 1.44. The summed E-state index contributed by atoms with van der Waals surface area (Å²) in [7, 11) is -4.33. The number of benzene rings is 1. The normalized spacial score (nSPS) is 10.5. The van der Waals surface area contributed by atoms with Crippen LogP contribution in [0.4, 0.5) is 0 Å². The predicted molar refractivity (Wildman–Crippen MR) is 48.0 cm³/mol. The summed E-state index contributed by atoms with van der Waals surface area (Å²) in [6, 6.07) is 5.54. The van der Waals surface area contributed by atoms with E-state index in [0.29, 0.717) is 0 Å². The first-order valence-corrected chi connectivity index (χ1v) is 4.86. The average Bonchev–Trinajstić information content (AvgIpc) is 2.04. The topological polar surface area (TPSA) is 57.2 Å². The van der Waals surface area contributed by atoms with Gasteiger partial charge in [-0.15, -0.1) is 5.73 Å². The zero-order valence-corrected chi connectivity index (χ0v) is 7.54. The first kappa shape index (κ1) is 9.74. The Morgan fingerprint density at radius 3 is 2.23 bits per heavy atom. The van der Waals surface area contributed by atoms with Gasteiger partial charge in [0.15, 0.2) is 0 Å². The van der Waals surface area contributed by atoms with E-state index in [4.69, 9.17) is 0 Å². The van der Waals surface area contributed by atoms with Crippen molar-refractivity contribution in [1.82, 2.24) is 0 Å². The maximum atomic E-state index is 10.5. The summed E-state index contributed by atoms with van der Waals surface area (Å²) in [5.41, 5.74) is 3.29. The third kappa shape index (κ3) is 2.56. The second-order valence-corrected chi connectivity index (χ2v) is 3.75. The Balaban J connectivity index is 3.15. The molecule has 0 aliphatic heterocycles. The summed E-state index contributed by atoms with van der Waals surface area (Å²) >= 11 is 0. The largest absolute Gasteiger partial charge is 0.744 e. The zero-order chi connectivity index (χ0) is 9.90. The Morgan fingerprint density at radius 1 is 1.31 bits per heavy atom. The monoisotopic (exact) mass is 195 g/mol. The first-order chi connectivity index (χ1) is 6.04. The van der Waals surface area contributed by atoms with Crippen LogP contribution >= 0.6 is 0 Å². The van der Waals surface area contributed by atoms with E-state index in [1.54, 1.807) is 6.08 Å². The van der Waals surface area contributed by atoms with Gasteiger partial charge in [0, 0.05) is 0 Å². The van der Waals surface area contributed by atoms with E-state index < -0.39 is 10.1 Å². The molecule has 4 heteroatoms. The van der Waals surface area contributed by atoms with Crippen molar-refractivity contribution in [2.75, 3.05) is 0 Å². The molecule has 0 aliphatic carbocycles. The molecular weight excluding hydrogens is 188 g/mol. The lowest BCUT2D eigenvalue weighted by atomic mass is 10.2. The van der Waals surface area contributed by atoms with Gasteiger partial charge >= 0.3 is 0 Å². The molecule has 0 bridgehead atoms. The fourth-order valence-corrected chi connectivity index (χ4v) is 1.32. The van der Waals surface area contributed by atoms with Gasteiger partial charge in [0.05, 0.1) is 4.90 Å². The minimum absolute atomic E-state index is 0.228. The summed E-state index contributed by atoms with van der Waals surface area (Å²) < 4.78 is 31.5. The molecule has 0 radical (unpaired) electrons. The highest BCUT2D eigenvalue weighted by Gasteiger charge is 1.98. The van der Waals surface area contributed by atoms with Crippen molar-refractivity contribution >= 4 is 16.2 Å². The minimum Gasteiger partial charge on any atom is -0.744 e. The fourth-order valence-electron chi connectivity index (χ4n) is 0.849. The maximum absolute atomic E-state index is 10.5. The molecule has 0 amide bonds. The molecule has 1 aromatic carbocycles. The molecular formula is C9H7O3S-. The molecule has 1 aromatic rings. The van der Waals surface area contributed by atoms with E-state index >= 15 is 0 Å². The van der Waals surface area contributed by atoms with Crippen LogP contribution < -0.4 is 0 Å². The van der Waals surface area contributed by atoms with Crippen LogP contribution in [0.2, 0.25) is 0 Å². The summed E-state index contributed by atoms with van der Waals surface area (Å²) in [4.78, 5) is -0.228. The Kier molecular flexibility index (Phi) is 2.68. The Labute approximate surface area is 76.8 Å². The van der Waals surface area contributed by atoms with Gasteiger partial charge in [-0.1, -0.05) is 18.7 Å². The van der Waals surface area contributed by atoms with Crippen LogP contribution in [0.3, 0.4) is 0 Å². The van der Waals surface area contributed by atoms with Gasteiger partial charge in [-0.25, -0.2) is 8.42 Å². The van der Waals surface area contributed by atoms with Gasteiger partial charge in [-0.2, -0.15) is 0 Å². The standard InChI is InChI=1S/C9H8O3S/c1-2-3-8-4-6-9(7-5-8)13(10,11)12/h3-7H,1H2,(H,10,11,12)/p-1. The van der Waals surface area contributed by atoms with E-state index in [1.165, 1.54) is 24.3 Å². The van der Waals surface area contributed by atoms with Crippen LogP contribution in [0.25, 0.3) is 6.08 Å². The molecule has 0 heterocycles. The fraction of sp³-hybridized carbons (Fsp3) is 0. The van der Waals surface area contributed by atoms with E-state index in [2.05, 4.69) is 12.3 Å². The summed E-state index contributed by atoms with van der Waals surface area (Å²) in [5, 5.41) is 0. The SMILES string of the molecule is C=C=Cc1ccc(S(=O)(=O)[O-])cc1. The smallest absolute Gasteiger partial charge is 0.124 e. The summed E-state index contributed by atoms with van der Waals surface area (Å²) in [6.45, 7) is 3.37. The summed E-state index contributed by atoms with van der Waals surface area (Å²) in [6.07, 6.45) is 1.58. The maximum Gasteiger partial charge on any atom is 0.124 e. The molecule has 0 atom stereocenters. The van der Waals surface area contributed by atoms with E-state index in [-0.39, 0.29) is 4.90 Å². The van der Waals surface area contributed by atoms with Crippen LogP contribution in [0, 0.1) is 0 Å². The van der Waals surface area contributed by atoms with Crippen LogP contribution in [-0.2, 0) is 10.1 Å². The second kappa shape index (κ2) is 3.58. The minimum atomic E-state index is -4.33. The number of hydrogen-bond donors (Lipinski definition) is 0. The molecule has 68 valence electrons. The molecule has 13 heavy (non-hydrogen) atoms. The number of rotatable bonds is 2. The predicted octanol–water partition coefficient (Wildman–Crippen LogP) is 1.39. The molecule has 0 saturated carbocycles. The molecule has 0 aliphatic rings. The molecule has 3 nitrogen and oxygen atoms in total.